The van der Waals surface area contributed by atoms with Crippen molar-refractivity contribution in [3.63, 3.8) is 0 Å². The molecule has 1 N–H and O–H groups in total. The normalized spacial score (nSPS) is 22.0. The molecule has 1 fully saturated rings. The van der Waals surface area contributed by atoms with Crippen LogP contribution in [0.4, 0.5) is 0 Å². The van der Waals surface area contributed by atoms with Gasteiger partial charge in [0.2, 0.25) is 0 Å². The third-order valence-corrected chi connectivity index (χ3v) is 5.03. The van der Waals surface area contributed by atoms with Crippen LogP contribution < -0.4 is 5.32 Å². The first-order valence-electron chi connectivity index (χ1n) is 7.98. The molecule has 1 heterocycles. The second kappa shape index (κ2) is 5.28. The number of hydrogen-bond acceptors (Lipinski definition) is 2. The average molecular weight is 278 g/mol. The molecule has 21 heavy (non-hydrogen) atoms. The van der Waals surface area contributed by atoms with Crippen molar-refractivity contribution >= 4 is 0 Å². The van der Waals surface area contributed by atoms with Crippen molar-refractivity contribution in [2.75, 3.05) is 20.1 Å². The number of nitrogens with one attached hydrogen (secondary N) is 1. The molecule has 1 aliphatic heterocycles. The van der Waals surface area contributed by atoms with Crippen molar-refractivity contribution < 1.29 is 0 Å². The minimum absolute atomic E-state index is 0.438. The summed E-state index contributed by atoms with van der Waals surface area (Å²) in [5.74, 6) is 0. The lowest BCUT2D eigenvalue weighted by Crippen LogP contribution is -2.45. The van der Waals surface area contributed by atoms with Gasteiger partial charge in [-0.25, -0.2) is 0 Å². The van der Waals surface area contributed by atoms with Crippen LogP contribution >= 0.6 is 0 Å². The number of piperidine rings is 1. The molecule has 2 heteroatoms. The number of nitrogens with zero attached hydrogens (tertiary/aromatic N) is 1. The van der Waals surface area contributed by atoms with Crippen LogP contribution in [0.25, 0.3) is 11.1 Å². The number of hydrogen-bond donors (Lipinski definition) is 1. The first kappa shape index (κ1) is 13.1. The molecule has 2 aromatic rings. The maximum atomic E-state index is 3.46. The van der Waals surface area contributed by atoms with E-state index in [9.17, 15) is 0 Å². The van der Waals surface area contributed by atoms with Crippen molar-refractivity contribution in [3.8, 4) is 11.1 Å². The highest BCUT2D eigenvalue weighted by atomic mass is 15.2. The highest BCUT2D eigenvalue weighted by molar-refractivity contribution is 5.78. The minimum atomic E-state index is 0.438. The van der Waals surface area contributed by atoms with E-state index in [0.717, 1.165) is 6.54 Å². The number of likely N-dealkylation sites (tertiary alicyclic amines) is 1. The van der Waals surface area contributed by atoms with Gasteiger partial charge in [-0.15, -0.1) is 0 Å². The number of benzene rings is 2. The molecule has 0 amide bonds. The van der Waals surface area contributed by atoms with Gasteiger partial charge >= 0.3 is 0 Å². The lowest BCUT2D eigenvalue weighted by molar-refractivity contribution is 0.162. The fourth-order valence-corrected chi connectivity index (χ4v) is 4.00. The predicted octanol–water partition coefficient (Wildman–Crippen LogP) is 3.44. The van der Waals surface area contributed by atoms with E-state index in [-0.39, 0.29) is 0 Å². The summed E-state index contributed by atoms with van der Waals surface area (Å²) in [5, 5.41) is 3.46. The van der Waals surface area contributed by atoms with E-state index in [2.05, 4.69) is 65.8 Å². The number of rotatable bonds is 2. The fourth-order valence-electron chi connectivity index (χ4n) is 4.00. The van der Waals surface area contributed by atoms with Gasteiger partial charge < -0.3 is 5.32 Å². The van der Waals surface area contributed by atoms with Crippen LogP contribution in [0.2, 0.25) is 0 Å². The van der Waals surface area contributed by atoms with Gasteiger partial charge in [-0.3, -0.25) is 4.90 Å². The molecule has 0 saturated carbocycles. The second-order valence-electron chi connectivity index (χ2n) is 6.20. The monoisotopic (exact) mass is 278 g/mol. The van der Waals surface area contributed by atoms with Gasteiger partial charge in [-0.2, -0.15) is 0 Å². The van der Waals surface area contributed by atoms with Crippen molar-refractivity contribution in [1.82, 2.24) is 10.2 Å². The van der Waals surface area contributed by atoms with Crippen LogP contribution in [-0.4, -0.2) is 31.1 Å². The third kappa shape index (κ3) is 2.10. The van der Waals surface area contributed by atoms with E-state index < -0.39 is 0 Å². The molecule has 2 aliphatic rings. The van der Waals surface area contributed by atoms with E-state index in [1.54, 1.807) is 0 Å². The van der Waals surface area contributed by atoms with Crippen LogP contribution in [0.3, 0.4) is 0 Å². The third-order valence-electron chi connectivity index (χ3n) is 5.03. The van der Waals surface area contributed by atoms with Gasteiger partial charge in [0, 0.05) is 12.6 Å². The van der Waals surface area contributed by atoms with Gasteiger partial charge in [-0.1, -0.05) is 48.5 Å². The first-order chi connectivity index (χ1) is 10.4. The van der Waals surface area contributed by atoms with Crippen molar-refractivity contribution in [2.45, 2.75) is 24.9 Å². The highest BCUT2D eigenvalue weighted by Gasteiger charge is 2.34. The summed E-state index contributed by atoms with van der Waals surface area (Å²) in [6.45, 7) is 2.34. The van der Waals surface area contributed by atoms with Crippen molar-refractivity contribution in [1.29, 1.82) is 0 Å². The summed E-state index contributed by atoms with van der Waals surface area (Å²) < 4.78 is 0. The lowest BCUT2D eigenvalue weighted by Gasteiger charge is -2.37. The largest absolute Gasteiger partial charge is 0.316 e. The van der Waals surface area contributed by atoms with Crippen molar-refractivity contribution in [2.24, 2.45) is 0 Å². The number of fused-ring (bicyclic) bond motifs is 3. The molecule has 0 aromatic heterocycles. The first-order valence-corrected chi connectivity index (χ1v) is 7.98. The SMILES string of the molecule is CNC1CCCN(C2c3ccccc3-c3ccccc32)C1. The zero-order valence-electron chi connectivity index (χ0n) is 12.5. The molecule has 0 bridgehead atoms. The van der Waals surface area contributed by atoms with Crippen LogP contribution in [0, 0.1) is 0 Å². The average Bonchev–Trinajstić information content (AvgIpc) is 2.89. The molecule has 1 saturated heterocycles. The Bertz CT molecular complexity index is 604. The van der Waals surface area contributed by atoms with Crippen molar-refractivity contribution in [3.05, 3.63) is 59.7 Å². The Morgan fingerprint density at radius 3 is 2.19 bits per heavy atom. The maximum absolute atomic E-state index is 3.46. The Kier molecular flexibility index (Phi) is 3.28. The highest BCUT2D eigenvalue weighted by Crippen LogP contribution is 2.46. The van der Waals surface area contributed by atoms with Crippen LogP contribution in [-0.2, 0) is 0 Å². The molecule has 0 radical (unpaired) electrons. The quantitative estimate of drug-likeness (QED) is 0.905. The van der Waals surface area contributed by atoms with Gasteiger partial charge in [-0.05, 0) is 48.7 Å². The molecule has 0 spiro atoms. The smallest absolute Gasteiger partial charge is 0.0614 e. The Labute approximate surface area is 126 Å². The Morgan fingerprint density at radius 2 is 1.57 bits per heavy atom. The molecule has 1 unspecified atom stereocenters. The Morgan fingerprint density at radius 1 is 0.952 bits per heavy atom. The van der Waals surface area contributed by atoms with Crippen LogP contribution in [0.15, 0.2) is 48.5 Å². The lowest BCUT2D eigenvalue weighted by atomic mass is 9.98. The molecular formula is C19H22N2. The van der Waals surface area contributed by atoms with E-state index in [4.69, 9.17) is 0 Å². The van der Waals surface area contributed by atoms with Gasteiger partial charge in [0.1, 0.15) is 0 Å². The molecule has 108 valence electrons. The zero-order valence-corrected chi connectivity index (χ0v) is 12.5. The molecular weight excluding hydrogens is 256 g/mol. The molecule has 2 nitrogen and oxygen atoms in total. The predicted molar refractivity (Wildman–Crippen MR) is 87.4 cm³/mol. The van der Waals surface area contributed by atoms with Crippen LogP contribution in [0.5, 0.6) is 0 Å². The zero-order chi connectivity index (χ0) is 14.2. The van der Waals surface area contributed by atoms with E-state index in [0.29, 0.717) is 12.1 Å². The topological polar surface area (TPSA) is 15.3 Å². The molecule has 2 aromatic carbocycles. The van der Waals surface area contributed by atoms with E-state index in [1.807, 2.05) is 0 Å². The Balaban J connectivity index is 1.78. The second-order valence-corrected chi connectivity index (χ2v) is 6.20. The summed E-state index contributed by atoms with van der Waals surface area (Å²) in [6.07, 6.45) is 2.58. The van der Waals surface area contributed by atoms with Gasteiger partial charge in [0.15, 0.2) is 0 Å². The minimum Gasteiger partial charge on any atom is -0.316 e. The summed E-state index contributed by atoms with van der Waals surface area (Å²) in [7, 11) is 2.09. The maximum Gasteiger partial charge on any atom is 0.0614 e. The molecule has 4 rings (SSSR count). The standard InChI is InChI=1S/C19H22N2/c1-20-14-7-6-12-21(13-14)19-17-10-4-2-8-15(17)16-9-3-5-11-18(16)19/h2-5,8-11,14,19-20H,6-7,12-13H2,1H3. The Hall–Kier alpha value is -1.64. The van der Waals surface area contributed by atoms with Crippen LogP contribution in [0.1, 0.15) is 30.0 Å². The van der Waals surface area contributed by atoms with Gasteiger partial charge in [0.25, 0.3) is 0 Å². The molecule has 1 aliphatic carbocycles. The summed E-state index contributed by atoms with van der Waals surface area (Å²) in [6, 6.07) is 18.9. The summed E-state index contributed by atoms with van der Waals surface area (Å²) in [5.41, 5.74) is 5.81. The molecule has 1 atom stereocenters. The van der Waals surface area contributed by atoms with E-state index in [1.165, 1.54) is 41.6 Å². The number of likely N-dealkylation sites (N-methyl/N-ethyl adjacent to an activating group) is 1. The summed E-state index contributed by atoms with van der Waals surface area (Å²) >= 11 is 0. The summed E-state index contributed by atoms with van der Waals surface area (Å²) in [4.78, 5) is 2.66. The fraction of sp³-hybridized carbons (Fsp3) is 0.368. The van der Waals surface area contributed by atoms with Gasteiger partial charge in [0.05, 0.1) is 6.04 Å². The van der Waals surface area contributed by atoms with E-state index >= 15 is 0 Å².